The number of aromatic nitrogens is 4. The fourth-order valence-corrected chi connectivity index (χ4v) is 5.03. The van der Waals surface area contributed by atoms with Crippen molar-refractivity contribution in [3.63, 3.8) is 0 Å². The zero-order chi connectivity index (χ0) is 22.9. The molecule has 3 aromatic heterocycles. The van der Waals surface area contributed by atoms with E-state index in [1.807, 2.05) is 83.5 Å². The molecular formula is C26H19N5O2S. The maximum Gasteiger partial charge on any atom is 0.231 e. The molecule has 34 heavy (non-hydrogen) atoms. The molecule has 0 amide bonds. The average Bonchev–Trinajstić information content (AvgIpc) is 3.59. The van der Waals surface area contributed by atoms with Crippen LogP contribution in [-0.4, -0.2) is 26.0 Å². The summed E-state index contributed by atoms with van der Waals surface area (Å²) in [6, 6.07) is 24.2. The van der Waals surface area contributed by atoms with Gasteiger partial charge in [-0.25, -0.2) is 0 Å². The first-order valence-electron chi connectivity index (χ1n) is 10.8. The van der Waals surface area contributed by atoms with E-state index in [0.29, 0.717) is 17.9 Å². The minimum absolute atomic E-state index is 0.245. The molecule has 0 N–H and O–H groups in total. The van der Waals surface area contributed by atoms with Crippen LogP contribution in [0.5, 0.6) is 11.5 Å². The molecule has 0 spiro atoms. The summed E-state index contributed by atoms with van der Waals surface area (Å²) in [5.41, 5.74) is 4.63. The van der Waals surface area contributed by atoms with E-state index in [0.717, 1.165) is 44.7 Å². The second kappa shape index (κ2) is 8.61. The van der Waals surface area contributed by atoms with Crippen molar-refractivity contribution in [3.8, 4) is 29.0 Å². The van der Waals surface area contributed by atoms with E-state index in [1.54, 1.807) is 11.8 Å². The molecular weight excluding hydrogens is 446 g/mol. The number of thioether (sulfide) groups is 1. The number of pyridine rings is 1. The van der Waals surface area contributed by atoms with Gasteiger partial charge in [0.2, 0.25) is 6.79 Å². The molecule has 5 aromatic rings. The molecule has 7 nitrogen and oxygen atoms in total. The van der Waals surface area contributed by atoms with Crippen LogP contribution in [0.15, 0.2) is 84.3 Å². The fourth-order valence-electron chi connectivity index (χ4n) is 4.12. The summed E-state index contributed by atoms with van der Waals surface area (Å²) in [5, 5.41) is 19.6. The number of nitriles is 1. The molecule has 6 rings (SSSR count). The summed E-state index contributed by atoms with van der Waals surface area (Å²) in [7, 11) is 0. The Kier molecular flexibility index (Phi) is 5.17. The molecule has 0 atom stereocenters. The highest BCUT2D eigenvalue weighted by Crippen LogP contribution is 2.34. The Bertz CT molecular complexity index is 1530. The van der Waals surface area contributed by atoms with Crippen LogP contribution in [-0.2, 0) is 12.3 Å². The van der Waals surface area contributed by atoms with Crippen molar-refractivity contribution >= 4 is 17.3 Å². The quantitative estimate of drug-likeness (QED) is 0.323. The number of hydrogen-bond acceptors (Lipinski definition) is 6. The van der Waals surface area contributed by atoms with Crippen LogP contribution in [0.1, 0.15) is 16.7 Å². The Balaban J connectivity index is 1.35. The van der Waals surface area contributed by atoms with E-state index in [9.17, 15) is 5.26 Å². The lowest BCUT2D eigenvalue weighted by atomic mass is 10.2. The molecule has 4 heterocycles. The highest BCUT2D eigenvalue weighted by Gasteiger charge is 2.19. The van der Waals surface area contributed by atoms with E-state index in [2.05, 4.69) is 20.8 Å². The van der Waals surface area contributed by atoms with E-state index >= 15 is 0 Å². The summed E-state index contributed by atoms with van der Waals surface area (Å²) in [4.78, 5) is 0. The van der Waals surface area contributed by atoms with E-state index < -0.39 is 0 Å². The minimum atomic E-state index is 0.245. The molecule has 1 aliphatic rings. The van der Waals surface area contributed by atoms with Gasteiger partial charge in [-0.1, -0.05) is 54.2 Å². The number of ether oxygens (including phenoxy) is 2. The maximum absolute atomic E-state index is 9.75. The van der Waals surface area contributed by atoms with Crippen LogP contribution in [0.2, 0.25) is 0 Å². The molecule has 0 fully saturated rings. The normalized spacial score (nSPS) is 12.2. The summed E-state index contributed by atoms with van der Waals surface area (Å²) in [6.07, 6.45) is 3.97. The molecule has 8 heteroatoms. The summed E-state index contributed by atoms with van der Waals surface area (Å²) >= 11 is 1.57. The summed E-state index contributed by atoms with van der Waals surface area (Å²) < 4.78 is 15.1. The lowest BCUT2D eigenvalue weighted by molar-refractivity contribution is 0.174. The molecule has 0 radical (unpaired) electrons. The van der Waals surface area contributed by atoms with Crippen LogP contribution in [0, 0.1) is 11.3 Å². The average molecular weight is 466 g/mol. The van der Waals surface area contributed by atoms with Crippen molar-refractivity contribution in [1.29, 1.82) is 5.26 Å². The van der Waals surface area contributed by atoms with Gasteiger partial charge >= 0.3 is 0 Å². The third-order valence-corrected chi connectivity index (χ3v) is 6.77. The monoisotopic (exact) mass is 465 g/mol. The van der Waals surface area contributed by atoms with Gasteiger partial charge < -0.3 is 13.9 Å². The molecule has 166 valence electrons. The Morgan fingerprint density at radius 2 is 1.82 bits per heavy atom. The van der Waals surface area contributed by atoms with Crippen molar-refractivity contribution in [1.82, 2.24) is 19.2 Å². The van der Waals surface area contributed by atoms with Crippen LogP contribution in [0.3, 0.4) is 0 Å². The van der Waals surface area contributed by atoms with Crippen molar-refractivity contribution in [2.24, 2.45) is 0 Å². The number of hydrogen-bond donors (Lipinski definition) is 0. The van der Waals surface area contributed by atoms with Gasteiger partial charge in [-0.3, -0.25) is 4.57 Å². The van der Waals surface area contributed by atoms with Gasteiger partial charge in [-0.2, -0.15) is 5.26 Å². The highest BCUT2D eigenvalue weighted by molar-refractivity contribution is 7.98. The maximum atomic E-state index is 9.75. The Hall–Kier alpha value is -4.22. The SMILES string of the molecule is N#Cc1c(CSc2nnc(-c3ccccc3)n2Cc2ccc3c(c2)OCO3)cn2ccccc12. The van der Waals surface area contributed by atoms with Crippen LogP contribution < -0.4 is 9.47 Å². The number of rotatable bonds is 6. The molecule has 2 aromatic carbocycles. The molecule has 0 aliphatic carbocycles. The first-order valence-corrected chi connectivity index (χ1v) is 11.8. The lowest BCUT2D eigenvalue weighted by Crippen LogP contribution is -2.04. The predicted octanol–water partition coefficient (Wildman–Crippen LogP) is 5.14. The van der Waals surface area contributed by atoms with Gasteiger partial charge in [0.25, 0.3) is 0 Å². The third kappa shape index (κ3) is 3.66. The molecule has 1 aliphatic heterocycles. The van der Waals surface area contributed by atoms with E-state index in [4.69, 9.17) is 9.47 Å². The lowest BCUT2D eigenvalue weighted by Gasteiger charge is -2.11. The largest absolute Gasteiger partial charge is 0.454 e. The number of fused-ring (bicyclic) bond motifs is 2. The Labute approximate surface area is 200 Å². The van der Waals surface area contributed by atoms with Crippen molar-refractivity contribution < 1.29 is 9.47 Å². The number of nitrogens with zero attached hydrogens (tertiary/aromatic N) is 5. The number of benzene rings is 2. The second-order valence-corrected chi connectivity index (χ2v) is 8.81. The topological polar surface area (TPSA) is 77.4 Å². The standard InChI is InChI=1S/C26H19N5O2S/c27-13-21-20(15-30-11-5-4-8-22(21)30)16-34-26-29-28-25(19-6-2-1-3-7-19)31(26)14-18-9-10-23-24(12-18)33-17-32-23/h1-12,15H,14,16-17H2. The zero-order valence-electron chi connectivity index (χ0n) is 18.1. The van der Waals surface area contributed by atoms with Crippen molar-refractivity contribution in [2.45, 2.75) is 17.5 Å². The van der Waals surface area contributed by atoms with Crippen molar-refractivity contribution in [3.05, 3.63) is 95.8 Å². The van der Waals surface area contributed by atoms with Gasteiger partial charge in [-0.05, 0) is 35.4 Å². The van der Waals surface area contributed by atoms with Gasteiger partial charge in [-0.15, -0.1) is 10.2 Å². The van der Waals surface area contributed by atoms with E-state index in [-0.39, 0.29) is 6.79 Å². The smallest absolute Gasteiger partial charge is 0.231 e. The molecule has 0 unspecified atom stereocenters. The third-order valence-electron chi connectivity index (χ3n) is 5.76. The van der Waals surface area contributed by atoms with Crippen LogP contribution >= 0.6 is 11.8 Å². The minimum Gasteiger partial charge on any atom is -0.454 e. The van der Waals surface area contributed by atoms with Crippen LogP contribution in [0.4, 0.5) is 0 Å². The zero-order valence-corrected chi connectivity index (χ0v) is 18.9. The molecule has 0 saturated carbocycles. The first-order chi connectivity index (χ1) is 16.8. The predicted molar refractivity (Wildman–Crippen MR) is 129 cm³/mol. The Morgan fingerprint density at radius 1 is 0.971 bits per heavy atom. The van der Waals surface area contributed by atoms with Gasteiger partial charge in [0.05, 0.1) is 17.6 Å². The van der Waals surface area contributed by atoms with Gasteiger partial charge in [0.15, 0.2) is 22.5 Å². The molecule has 0 saturated heterocycles. The highest BCUT2D eigenvalue weighted by atomic mass is 32.2. The fraction of sp³-hybridized carbons (Fsp3) is 0.115. The van der Waals surface area contributed by atoms with Gasteiger partial charge in [0.1, 0.15) is 6.07 Å². The Morgan fingerprint density at radius 3 is 2.71 bits per heavy atom. The van der Waals surface area contributed by atoms with Crippen molar-refractivity contribution in [2.75, 3.05) is 6.79 Å². The van der Waals surface area contributed by atoms with Gasteiger partial charge in [0, 0.05) is 23.7 Å². The summed E-state index contributed by atoms with van der Waals surface area (Å²) in [5.74, 6) is 2.91. The summed E-state index contributed by atoms with van der Waals surface area (Å²) in [6.45, 7) is 0.827. The molecule has 0 bridgehead atoms. The van der Waals surface area contributed by atoms with E-state index in [1.165, 1.54) is 0 Å². The van der Waals surface area contributed by atoms with Crippen LogP contribution in [0.25, 0.3) is 16.9 Å². The second-order valence-electron chi connectivity index (χ2n) is 7.87. The first kappa shape index (κ1) is 20.4.